The lowest BCUT2D eigenvalue weighted by Gasteiger charge is -2.19. The van der Waals surface area contributed by atoms with Gasteiger partial charge in [-0.25, -0.2) is 0 Å². The maximum atomic E-state index is 13.3. The molecule has 1 unspecified atom stereocenters. The van der Waals surface area contributed by atoms with Gasteiger partial charge in [0.25, 0.3) is 5.91 Å². The Morgan fingerprint density at radius 2 is 1.49 bits per heavy atom. The first-order chi connectivity index (χ1) is 23.7. The summed E-state index contributed by atoms with van der Waals surface area (Å²) in [5.74, 6) is -2.89. The molecule has 0 bridgehead atoms. The summed E-state index contributed by atoms with van der Waals surface area (Å²) in [5, 5.41) is 42.0. The Labute approximate surface area is 280 Å². The molecular formula is C34H36N8O7. The number of carbonyl (C=O) groups is 5. The molecule has 6 N–H and O–H groups in total. The highest BCUT2D eigenvalue weighted by atomic mass is 16.4. The minimum absolute atomic E-state index is 0.0123. The molecule has 0 spiro atoms. The number of fused-ring (bicyclic) bond motifs is 3. The van der Waals surface area contributed by atoms with Gasteiger partial charge in [-0.2, -0.15) is 5.21 Å². The second-order valence-electron chi connectivity index (χ2n) is 11.5. The first kappa shape index (κ1) is 34.2. The summed E-state index contributed by atoms with van der Waals surface area (Å²) in [6, 6.07) is 20.0. The summed E-state index contributed by atoms with van der Waals surface area (Å²) in [5.41, 5.74) is 4.14. The van der Waals surface area contributed by atoms with E-state index >= 15 is 0 Å². The predicted octanol–water partition coefficient (Wildman–Crippen LogP) is 2.86. The van der Waals surface area contributed by atoms with E-state index in [-0.39, 0.29) is 57.5 Å². The molecule has 3 aromatic carbocycles. The Bertz CT molecular complexity index is 1950. The molecular weight excluding hydrogens is 632 g/mol. The number of para-hydroxylation sites is 1. The number of aromatic amines is 1. The van der Waals surface area contributed by atoms with Crippen molar-refractivity contribution in [3.63, 3.8) is 0 Å². The number of carboxylic acids is 2. The minimum atomic E-state index is -1.06. The molecule has 15 nitrogen and oxygen atoms in total. The lowest BCUT2D eigenvalue weighted by molar-refractivity contribution is -0.138. The normalized spacial score (nSPS) is 11.7. The van der Waals surface area contributed by atoms with Crippen LogP contribution in [-0.4, -0.2) is 84.2 Å². The van der Waals surface area contributed by atoms with Crippen LogP contribution in [0.1, 0.15) is 54.4 Å². The molecule has 1 atom stereocenters. The number of H-pyrrole nitrogens is 1. The van der Waals surface area contributed by atoms with Crippen molar-refractivity contribution >= 4 is 51.5 Å². The molecule has 2 aromatic heterocycles. The zero-order valence-corrected chi connectivity index (χ0v) is 26.5. The van der Waals surface area contributed by atoms with E-state index in [1.807, 2.05) is 48.5 Å². The fourth-order valence-electron chi connectivity index (χ4n) is 5.51. The summed E-state index contributed by atoms with van der Waals surface area (Å²) >= 11 is 0. The van der Waals surface area contributed by atoms with Crippen molar-refractivity contribution in [3.05, 3.63) is 77.9 Å². The number of carboxylic acid groups (broad SMARTS) is 2. The van der Waals surface area contributed by atoms with E-state index in [0.29, 0.717) is 17.9 Å². The zero-order chi connectivity index (χ0) is 34.8. The molecule has 5 aromatic rings. The van der Waals surface area contributed by atoms with Crippen LogP contribution in [0.15, 0.2) is 66.7 Å². The van der Waals surface area contributed by atoms with Gasteiger partial charge < -0.3 is 30.7 Å². The molecule has 0 aliphatic heterocycles. The number of benzene rings is 3. The number of nitrogens with one attached hydrogen (secondary N) is 4. The van der Waals surface area contributed by atoms with Crippen molar-refractivity contribution in [2.75, 3.05) is 13.1 Å². The van der Waals surface area contributed by atoms with Gasteiger partial charge in [0.2, 0.25) is 17.6 Å². The molecule has 5 rings (SSSR count). The van der Waals surface area contributed by atoms with Crippen LogP contribution in [0.2, 0.25) is 0 Å². The SMILES string of the molecule is O=C(O)CCCNC(=O)CCC(NC(=O)c1ccc(Cn2c3ccccc3c3cc(-c4nn[nH]n4)ccc32)cc1)C(=O)NCCCC(=O)O. The third-order valence-electron chi connectivity index (χ3n) is 7.97. The van der Waals surface area contributed by atoms with Gasteiger partial charge in [-0.3, -0.25) is 24.0 Å². The smallest absolute Gasteiger partial charge is 0.303 e. The average molecular weight is 669 g/mol. The van der Waals surface area contributed by atoms with E-state index in [1.54, 1.807) is 12.1 Å². The number of aliphatic carboxylic acids is 2. The Morgan fingerprint density at radius 3 is 2.18 bits per heavy atom. The number of hydrogen-bond donors (Lipinski definition) is 6. The van der Waals surface area contributed by atoms with Crippen molar-refractivity contribution in [3.8, 4) is 11.4 Å². The van der Waals surface area contributed by atoms with Crippen molar-refractivity contribution in [1.29, 1.82) is 0 Å². The number of amides is 3. The van der Waals surface area contributed by atoms with Crippen LogP contribution < -0.4 is 16.0 Å². The Hall–Kier alpha value is -6.12. The van der Waals surface area contributed by atoms with Crippen LogP contribution >= 0.6 is 0 Å². The standard InChI is InChI=1S/C34H36N8O7/c43-29(35-17-3-7-30(44)45)16-14-26(34(49)36-18-4-8-31(46)47)37-33(48)22-11-9-21(10-12-22)20-42-27-6-2-1-5-24(27)25-19-23(13-15-28(25)42)32-38-40-41-39-32/h1-2,5-6,9-13,15,19,26H,3-4,7-8,14,16-18,20H2,(H,35,43)(H,36,49)(H,37,48)(H,44,45)(H,46,47)(H,38,39,40,41). The highest BCUT2D eigenvalue weighted by Gasteiger charge is 2.23. The second-order valence-corrected chi connectivity index (χ2v) is 11.5. The summed E-state index contributed by atoms with van der Waals surface area (Å²) < 4.78 is 2.19. The molecule has 0 saturated carbocycles. The first-order valence-electron chi connectivity index (χ1n) is 15.8. The van der Waals surface area contributed by atoms with Crippen LogP contribution in [0.4, 0.5) is 0 Å². The third kappa shape index (κ3) is 9.03. The first-order valence-corrected chi connectivity index (χ1v) is 15.8. The van der Waals surface area contributed by atoms with Gasteiger partial charge in [0.1, 0.15) is 6.04 Å². The van der Waals surface area contributed by atoms with Crippen molar-refractivity contribution in [2.24, 2.45) is 0 Å². The zero-order valence-electron chi connectivity index (χ0n) is 26.5. The molecule has 15 heteroatoms. The highest BCUT2D eigenvalue weighted by molar-refractivity contribution is 6.09. The summed E-state index contributed by atoms with van der Waals surface area (Å²) in [6.45, 7) is 0.789. The Kier molecular flexibility index (Phi) is 11.3. The van der Waals surface area contributed by atoms with E-state index in [0.717, 1.165) is 32.9 Å². The molecule has 0 aliphatic carbocycles. The van der Waals surface area contributed by atoms with Crippen LogP contribution in [0, 0.1) is 0 Å². The molecule has 254 valence electrons. The van der Waals surface area contributed by atoms with Crippen LogP contribution in [0.5, 0.6) is 0 Å². The molecule has 2 heterocycles. The van der Waals surface area contributed by atoms with Gasteiger partial charge in [-0.1, -0.05) is 30.3 Å². The molecule has 0 aliphatic rings. The monoisotopic (exact) mass is 668 g/mol. The quantitative estimate of drug-likeness (QED) is 0.0795. The Morgan fingerprint density at radius 1 is 0.796 bits per heavy atom. The lowest BCUT2D eigenvalue weighted by atomic mass is 10.1. The lowest BCUT2D eigenvalue weighted by Crippen LogP contribution is -2.47. The van der Waals surface area contributed by atoms with E-state index in [2.05, 4.69) is 47.2 Å². The summed E-state index contributed by atoms with van der Waals surface area (Å²) in [7, 11) is 0. The number of rotatable bonds is 17. The van der Waals surface area contributed by atoms with Crippen molar-refractivity contribution < 1.29 is 34.2 Å². The fourth-order valence-corrected chi connectivity index (χ4v) is 5.51. The van der Waals surface area contributed by atoms with E-state index < -0.39 is 29.8 Å². The number of carbonyl (C=O) groups excluding carboxylic acids is 3. The number of hydrogen-bond acceptors (Lipinski definition) is 8. The molecule has 0 saturated heterocycles. The average Bonchev–Trinajstić information content (AvgIpc) is 3.74. The van der Waals surface area contributed by atoms with Gasteiger partial charge in [0, 0.05) is 71.8 Å². The molecule has 0 fully saturated rings. The Balaban J connectivity index is 1.26. The number of tetrazole rings is 1. The molecule has 3 amide bonds. The van der Waals surface area contributed by atoms with Crippen molar-refractivity contribution in [2.45, 2.75) is 51.1 Å². The number of aromatic nitrogens is 5. The summed E-state index contributed by atoms with van der Waals surface area (Å²) in [6.07, 6.45) is 0.160. The van der Waals surface area contributed by atoms with Crippen LogP contribution in [0.25, 0.3) is 33.2 Å². The third-order valence-corrected chi connectivity index (χ3v) is 7.97. The van der Waals surface area contributed by atoms with Crippen LogP contribution in [-0.2, 0) is 25.7 Å². The fraction of sp³-hybridized carbons (Fsp3) is 0.294. The second kappa shape index (κ2) is 16.1. The summed E-state index contributed by atoms with van der Waals surface area (Å²) in [4.78, 5) is 60.1. The van der Waals surface area contributed by atoms with Gasteiger partial charge in [-0.15, -0.1) is 10.2 Å². The van der Waals surface area contributed by atoms with E-state index in [9.17, 15) is 24.0 Å². The van der Waals surface area contributed by atoms with Crippen molar-refractivity contribution in [1.82, 2.24) is 41.1 Å². The van der Waals surface area contributed by atoms with Crippen LogP contribution in [0.3, 0.4) is 0 Å². The van der Waals surface area contributed by atoms with Gasteiger partial charge >= 0.3 is 11.9 Å². The minimum Gasteiger partial charge on any atom is -0.481 e. The van der Waals surface area contributed by atoms with E-state index in [4.69, 9.17) is 10.2 Å². The largest absolute Gasteiger partial charge is 0.481 e. The number of nitrogens with zero attached hydrogens (tertiary/aromatic N) is 4. The van der Waals surface area contributed by atoms with Gasteiger partial charge in [0.15, 0.2) is 0 Å². The van der Waals surface area contributed by atoms with E-state index in [1.165, 1.54) is 0 Å². The van der Waals surface area contributed by atoms with Gasteiger partial charge in [-0.05, 0) is 66.4 Å². The highest BCUT2D eigenvalue weighted by Crippen LogP contribution is 2.32. The molecule has 49 heavy (non-hydrogen) atoms. The molecule has 0 radical (unpaired) electrons. The maximum absolute atomic E-state index is 13.3. The maximum Gasteiger partial charge on any atom is 0.303 e. The predicted molar refractivity (Wildman–Crippen MR) is 178 cm³/mol. The topological polar surface area (TPSA) is 221 Å². The van der Waals surface area contributed by atoms with Gasteiger partial charge in [0.05, 0.1) is 0 Å².